The van der Waals surface area contributed by atoms with Crippen molar-refractivity contribution >= 4 is 5.97 Å². The van der Waals surface area contributed by atoms with E-state index in [-0.39, 0.29) is 13.0 Å². The van der Waals surface area contributed by atoms with Crippen LogP contribution in [0.2, 0.25) is 0 Å². The maximum Gasteiger partial charge on any atom is 0.306 e. The quantitative estimate of drug-likeness (QED) is 0.867. The van der Waals surface area contributed by atoms with Crippen molar-refractivity contribution in [3.63, 3.8) is 0 Å². The summed E-state index contributed by atoms with van der Waals surface area (Å²) in [6.45, 7) is 0.0978. The average Bonchev–Trinajstić information content (AvgIpc) is 2.48. The first-order valence-electron chi connectivity index (χ1n) is 6.00. The van der Waals surface area contributed by atoms with E-state index in [9.17, 15) is 4.79 Å². The molecule has 0 radical (unpaired) electrons. The van der Waals surface area contributed by atoms with Gasteiger partial charge in [0, 0.05) is 5.56 Å². The summed E-state index contributed by atoms with van der Waals surface area (Å²) in [6, 6.07) is 7.38. The first-order chi connectivity index (χ1) is 9.69. The van der Waals surface area contributed by atoms with Crippen LogP contribution in [-0.2, 0) is 4.79 Å². The number of carbonyl (C=O) groups is 1. The molecule has 0 aliphatic heterocycles. The van der Waals surface area contributed by atoms with Gasteiger partial charge in [-0.1, -0.05) is 0 Å². The molecule has 0 bridgehead atoms. The van der Waals surface area contributed by atoms with Crippen molar-refractivity contribution in [2.45, 2.75) is 6.42 Å². The lowest BCUT2D eigenvalue weighted by molar-refractivity contribution is -0.137. The fourth-order valence-corrected chi connectivity index (χ4v) is 1.54. The number of aliphatic carboxylic acids is 1. The second kappa shape index (κ2) is 6.51. The zero-order chi connectivity index (χ0) is 14.4. The van der Waals surface area contributed by atoms with Crippen molar-refractivity contribution in [1.82, 2.24) is 9.97 Å². The number of rotatable bonds is 6. The summed E-state index contributed by atoms with van der Waals surface area (Å²) in [7, 11) is 1.61. The molecule has 0 saturated heterocycles. The number of nitrogens with zero attached hydrogens (tertiary/aromatic N) is 2. The molecule has 1 aromatic heterocycles. The van der Waals surface area contributed by atoms with Gasteiger partial charge in [-0.25, -0.2) is 9.97 Å². The van der Waals surface area contributed by atoms with Crippen LogP contribution < -0.4 is 9.47 Å². The SMILES string of the molecule is COc1ccc(-c2ncc(OCCC(=O)O)cn2)cc1. The summed E-state index contributed by atoms with van der Waals surface area (Å²) < 4.78 is 10.3. The molecule has 20 heavy (non-hydrogen) atoms. The van der Waals surface area contributed by atoms with Gasteiger partial charge in [-0.15, -0.1) is 0 Å². The summed E-state index contributed by atoms with van der Waals surface area (Å²) in [6.07, 6.45) is 2.99. The number of hydrogen-bond acceptors (Lipinski definition) is 5. The monoisotopic (exact) mass is 274 g/mol. The lowest BCUT2D eigenvalue weighted by Crippen LogP contribution is -2.05. The van der Waals surface area contributed by atoms with Crippen molar-refractivity contribution in [1.29, 1.82) is 0 Å². The summed E-state index contributed by atoms with van der Waals surface area (Å²) in [5.74, 6) is 0.880. The van der Waals surface area contributed by atoms with E-state index in [1.807, 2.05) is 24.3 Å². The van der Waals surface area contributed by atoms with E-state index in [4.69, 9.17) is 14.6 Å². The molecule has 0 atom stereocenters. The van der Waals surface area contributed by atoms with E-state index in [0.29, 0.717) is 11.6 Å². The summed E-state index contributed by atoms with van der Waals surface area (Å²) >= 11 is 0. The van der Waals surface area contributed by atoms with Crippen LogP contribution in [0.1, 0.15) is 6.42 Å². The molecule has 0 saturated carbocycles. The number of carboxylic acid groups (broad SMARTS) is 1. The highest BCUT2D eigenvalue weighted by Crippen LogP contribution is 2.19. The van der Waals surface area contributed by atoms with Crippen LogP contribution in [0.15, 0.2) is 36.7 Å². The highest BCUT2D eigenvalue weighted by Gasteiger charge is 2.03. The third kappa shape index (κ3) is 3.68. The molecule has 0 amide bonds. The molecular weight excluding hydrogens is 260 g/mol. The van der Waals surface area contributed by atoms with E-state index in [0.717, 1.165) is 11.3 Å². The van der Waals surface area contributed by atoms with E-state index in [1.54, 1.807) is 7.11 Å². The number of aromatic nitrogens is 2. The Kier molecular flexibility index (Phi) is 4.49. The van der Waals surface area contributed by atoms with Gasteiger partial charge in [-0.05, 0) is 24.3 Å². The van der Waals surface area contributed by atoms with Crippen molar-refractivity contribution in [2.75, 3.05) is 13.7 Å². The highest BCUT2D eigenvalue weighted by atomic mass is 16.5. The third-order valence-corrected chi connectivity index (χ3v) is 2.56. The van der Waals surface area contributed by atoms with Crippen LogP contribution >= 0.6 is 0 Å². The second-order valence-corrected chi connectivity index (χ2v) is 3.96. The van der Waals surface area contributed by atoms with Crippen molar-refractivity contribution in [3.8, 4) is 22.9 Å². The molecule has 0 aliphatic rings. The van der Waals surface area contributed by atoms with Gasteiger partial charge in [0.15, 0.2) is 11.6 Å². The molecule has 1 heterocycles. The van der Waals surface area contributed by atoms with Gasteiger partial charge in [0.2, 0.25) is 0 Å². The van der Waals surface area contributed by atoms with Gasteiger partial charge in [0.1, 0.15) is 5.75 Å². The molecule has 2 rings (SSSR count). The van der Waals surface area contributed by atoms with Crippen LogP contribution in [0.25, 0.3) is 11.4 Å². The Bertz CT molecular complexity index is 567. The average molecular weight is 274 g/mol. The Morgan fingerprint density at radius 2 is 1.80 bits per heavy atom. The summed E-state index contributed by atoms with van der Waals surface area (Å²) in [5, 5.41) is 8.51. The first-order valence-corrected chi connectivity index (χ1v) is 6.00. The number of hydrogen-bond donors (Lipinski definition) is 1. The Hall–Kier alpha value is -2.63. The van der Waals surface area contributed by atoms with Gasteiger partial charge in [0.05, 0.1) is 32.5 Å². The summed E-state index contributed by atoms with van der Waals surface area (Å²) in [5.41, 5.74) is 0.864. The molecule has 0 spiro atoms. The largest absolute Gasteiger partial charge is 0.497 e. The molecule has 104 valence electrons. The number of methoxy groups -OCH3 is 1. The molecule has 0 fully saturated rings. The smallest absolute Gasteiger partial charge is 0.306 e. The van der Waals surface area contributed by atoms with E-state index >= 15 is 0 Å². The van der Waals surface area contributed by atoms with Gasteiger partial charge < -0.3 is 14.6 Å². The minimum atomic E-state index is -0.902. The van der Waals surface area contributed by atoms with Gasteiger partial charge >= 0.3 is 5.97 Å². The molecule has 6 nitrogen and oxygen atoms in total. The standard InChI is InChI=1S/C14H14N2O4/c1-19-11-4-2-10(3-5-11)14-15-8-12(9-16-14)20-7-6-13(17)18/h2-5,8-9H,6-7H2,1H3,(H,17,18). The van der Waals surface area contributed by atoms with Crippen molar-refractivity contribution < 1.29 is 19.4 Å². The van der Waals surface area contributed by atoms with Gasteiger partial charge in [0.25, 0.3) is 0 Å². The maximum atomic E-state index is 10.4. The van der Waals surface area contributed by atoms with Crippen LogP contribution in [0, 0.1) is 0 Å². The molecular formula is C14H14N2O4. The van der Waals surface area contributed by atoms with Crippen LogP contribution in [0.3, 0.4) is 0 Å². The molecule has 2 aromatic rings. The Morgan fingerprint density at radius 1 is 1.15 bits per heavy atom. The Morgan fingerprint density at radius 3 is 2.35 bits per heavy atom. The van der Waals surface area contributed by atoms with Gasteiger partial charge in [-0.2, -0.15) is 0 Å². The lowest BCUT2D eigenvalue weighted by Gasteiger charge is -2.05. The predicted molar refractivity (Wildman–Crippen MR) is 71.8 cm³/mol. The van der Waals surface area contributed by atoms with E-state index in [1.165, 1.54) is 12.4 Å². The fourth-order valence-electron chi connectivity index (χ4n) is 1.54. The molecule has 6 heteroatoms. The Labute approximate surface area is 116 Å². The highest BCUT2D eigenvalue weighted by molar-refractivity contribution is 5.66. The second-order valence-electron chi connectivity index (χ2n) is 3.96. The zero-order valence-electron chi connectivity index (χ0n) is 10.9. The minimum Gasteiger partial charge on any atom is -0.497 e. The molecule has 0 unspecified atom stereocenters. The number of benzene rings is 1. The van der Waals surface area contributed by atoms with Crippen LogP contribution in [0.4, 0.5) is 0 Å². The van der Waals surface area contributed by atoms with Crippen molar-refractivity contribution in [2.24, 2.45) is 0 Å². The zero-order valence-corrected chi connectivity index (χ0v) is 10.9. The number of carboxylic acids is 1. The first kappa shape index (κ1) is 13.8. The van der Waals surface area contributed by atoms with Crippen molar-refractivity contribution in [3.05, 3.63) is 36.7 Å². The van der Waals surface area contributed by atoms with Crippen LogP contribution in [-0.4, -0.2) is 34.8 Å². The molecule has 0 aliphatic carbocycles. The van der Waals surface area contributed by atoms with E-state index in [2.05, 4.69) is 9.97 Å². The lowest BCUT2D eigenvalue weighted by atomic mass is 10.2. The van der Waals surface area contributed by atoms with Gasteiger partial charge in [-0.3, -0.25) is 4.79 Å². The third-order valence-electron chi connectivity index (χ3n) is 2.56. The van der Waals surface area contributed by atoms with Crippen LogP contribution in [0.5, 0.6) is 11.5 Å². The molecule has 1 N–H and O–H groups in total. The normalized spacial score (nSPS) is 10.1. The topological polar surface area (TPSA) is 81.5 Å². The molecule has 1 aromatic carbocycles. The number of ether oxygens (including phenoxy) is 2. The Balaban J connectivity index is 2.01. The maximum absolute atomic E-state index is 10.4. The summed E-state index contributed by atoms with van der Waals surface area (Å²) in [4.78, 5) is 18.7. The predicted octanol–water partition coefficient (Wildman–Crippen LogP) is 2.01. The van der Waals surface area contributed by atoms with E-state index < -0.39 is 5.97 Å². The fraction of sp³-hybridized carbons (Fsp3) is 0.214. The minimum absolute atomic E-state index is 0.0553.